The number of carbonyl (C=O) groups excluding carboxylic acids is 1. The first-order valence-corrected chi connectivity index (χ1v) is 9.31. The highest BCUT2D eigenvalue weighted by molar-refractivity contribution is 6.13. The number of benzene rings is 2. The Bertz CT molecular complexity index is 926. The summed E-state index contributed by atoms with van der Waals surface area (Å²) >= 11 is 0. The molecule has 1 fully saturated rings. The summed E-state index contributed by atoms with van der Waals surface area (Å²) in [5.74, 6) is -1.68. The van der Waals surface area contributed by atoms with Crippen molar-refractivity contribution in [1.29, 1.82) is 0 Å². The van der Waals surface area contributed by atoms with Gasteiger partial charge in [-0.05, 0) is 13.8 Å². The zero-order valence-electron chi connectivity index (χ0n) is 16.4. The lowest BCUT2D eigenvalue weighted by Gasteiger charge is -2.40. The van der Waals surface area contributed by atoms with E-state index >= 15 is 0 Å². The smallest absolute Gasteiger partial charge is 0.229 e. The molecule has 0 aromatic heterocycles. The van der Waals surface area contributed by atoms with Gasteiger partial charge in [0.1, 0.15) is 47.2 Å². The summed E-state index contributed by atoms with van der Waals surface area (Å²) in [6, 6.07) is 8.08. The van der Waals surface area contributed by atoms with E-state index in [2.05, 4.69) is 0 Å². The Morgan fingerprint density at radius 3 is 2.20 bits per heavy atom. The van der Waals surface area contributed by atoms with Crippen molar-refractivity contribution in [3.63, 3.8) is 0 Å². The number of hydrogen-bond acceptors (Lipinski definition) is 9. The zero-order valence-corrected chi connectivity index (χ0v) is 16.4. The van der Waals surface area contributed by atoms with Gasteiger partial charge in [-0.1, -0.05) is 30.3 Å². The van der Waals surface area contributed by atoms with Gasteiger partial charge in [0.15, 0.2) is 0 Å². The number of aromatic hydroxyl groups is 2. The summed E-state index contributed by atoms with van der Waals surface area (Å²) < 4.78 is 11.0. The van der Waals surface area contributed by atoms with E-state index in [1.165, 1.54) is 26.0 Å². The van der Waals surface area contributed by atoms with Gasteiger partial charge in [0.25, 0.3) is 0 Å². The number of aliphatic hydroxyl groups is 4. The maximum atomic E-state index is 13.1. The van der Waals surface area contributed by atoms with Gasteiger partial charge < -0.3 is 40.1 Å². The average molecular weight is 420 g/mol. The van der Waals surface area contributed by atoms with Crippen LogP contribution in [0.2, 0.25) is 0 Å². The second-order valence-corrected chi connectivity index (χ2v) is 7.16. The number of ketones is 1. The van der Waals surface area contributed by atoms with Crippen LogP contribution in [0.5, 0.6) is 17.2 Å². The molecule has 1 aliphatic rings. The van der Waals surface area contributed by atoms with Gasteiger partial charge in [-0.3, -0.25) is 4.79 Å². The summed E-state index contributed by atoms with van der Waals surface area (Å²) in [6.45, 7) is 2.21. The molecular weight excluding hydrogens is 396 g/mol. The SMILES string of the molecule is Cc1c(O)c(C)c(O[C@@H]2O[C@H](CO)[C@@H](O)[C@H](O)[C@H]2O)c(C(=O)c2ccccc2)c1O. The fraction of sp³-hybridized carbons (Fsp3) is 0.381. The minimum Gasteiger partial charge on any atom is -0.507 e. The highest BCUT2D eigenvalue weighted by Gasteiger charge is 2.45. The number of phenols is 2. The van der Waals surface area contributed by atoms with Crippen LogP contribution in [0, 0.1) is 13.8 Å². The molecular formula is C21H24O9. The maximum Gasteiger partial charge on any atom is 0.229 e. The molecule has 9 heteroatoms. The molecule has 0 unspecified atom stereocenters. The number of rotatable bonds is 5. The lowest BCUT2D eigenvalue weighted by molar-refractivity contribution is -0.277. The van der Waals surface area contributed by atoms with Crippen molar-refractivity contribution in [1.82, 2.24) is 0 Å². The summed E-state index contributed by atoms with van der Waals surface area (Å²) in [5.41, 5.74) is 0.149. The van der Waals surface area contributed by atoms with Crippen molar-refractivity contribution in [2.45, 2.75) is 44.6 Å². The Labute approximate surface area is 172 Å². The molecule has 30 heavy (non-hydrogen) atoms. The number of aliphatic hydroxyl groups excluding tert-OH is 4. The third kappa shape index (κ3) is 3.73. The topological polar surface area (TPSA) is 157 Å². The summed E-state index contributed by atoms with van der Waals surface area (Å²) in [5, 5.41) is 60.5. The molecule has 0 radical (unpaired) electrons. The Morgan fingerprint density at radius 1 is 0.967 bits per heavy atom. The second-order valence-electron chi connectivity index (χ2n) is 7.16. The van der Waals surface area contributed by atoms with Crippen LogP contribution in [-0.4, -0.2) is 73.7 Å². The van der Waals surface area contributed by atoms with E-state index in [1.54, 1.807) is 18.2 Å². The maximum absolute atomic E-state index is 13.1. The zero-order chi connectivity index (χ0) is 22.2. The van der Waals surface area contributed by atoms with Crippen LogP contribution in [-0.2, 0) is 4.74 Å². The van der Waals surface area contributed by atoms with Crippen molar-refractivity contribution in [2.24, 2.45) is 0 Å². The number of ether oxygens (including phenoxy) is 2. The summed E-state index contributed by atoms with van der Waals surface area (Å²) in [7, 11) is 0. The molecule has 2 aromatic rings. The quantitative estimate of drug-likeness (QED) is 0.370. The van der Waals surface area contributed by atoms with Gasteiger partial charge in [0.2, 0.25) is 12.1 Å². The van der Waals surface area contributed by atoms with Crippen LogP contribution >= 0.6 is 0 Å². The highest BCUT2D eigenvalue weighted by Crippen LogP contribution is 2.43. The third-order valence-electron chi connectivity index (χ3n) is 5.22. The monoisotopic (exact) mass is 420 g/mol. The molecule has 6 N–H and O–H groups in total. The van der Waals surface area contributed by atoms with Gasteiger partial charge in [0, 0.05) is 16.7 Å². The molecule has 0 amide bonds. The van der Waals surface area contributed by atoms with E-state index in [9.17, 15) is 35.4 Å². The van der Waals surface area contributed by atoms with E-state index in [1.807, 2.05) is 0 Å². The van der Waals surface area contributed by atoms with Gasteiger partial charge >= 0.3 is 0 Å². The summed E-state index contributed by atoms with van der Waals surface area (Å²) in [6.07, 6.45) is -7.83. The predicted molar refractivity (Wildman–Crippen MR) is 104 cm³/mol. The van der Waals surface area contributed by atoms with Gasteiger partial charge in [0.05, 0.1) is 6.61 Å². The fourth-order valence-corrected chi connectivity index (χ4v) is 3.36. The Balaban J connectivity index is 2.09. The molecule has 9 nitrogen and oxygen atoms in total. The van der Waals surface area contributed by atoms with E-state index in [-0.39, 0.29) is 33.8 Å². The van der Waals surface area contributed by atoms with Gasteiger partial charge in [-0.15, -0.1) is 0 Å². The first kappa shape index (κ1) is 22.0. The minimum atomic E-state index is -1.73. The molecule has 3 rings (SSSR count). The van der Waals surface area contributed by atoms with Gasteiger partial charge in [-0.2, -0.15) is 0 Å². The van der Waals surface area contributed by atoms with Crippen LogP contribution < -0.4 is 4.74 Å². The van der Waals surface area contributed by atoms with E-state index in [0.717, 1.165) is 0 Å². The molecule has 0 aliphatic carbocycles. The molecule has 0 saturated carbocycles. The number of phenolic OH excluding ortho intramolecular Hbond substituents is 2. The molecule has 0 bridgehead atoms. The van der Waals surface area contributed by atoms with Crippen LogP contribution in [0.1, 0.15) is 27.0 Å². The van der Waals surface area contributed by atoms with Crippen molar-refractivity contribution in [2.75, 3.05) is 6.61 Å². The predicted octanol–water partition coefficient (Wildman–Crippen LogP) is 0.124. The fourth-order valence-electron chi connectivity index (χ4n) is 3.36. The standard InChI is InChI=1S/C21H24O9/c1-9-14(23)10(2)20(13(15(9)24)16(25)11-6-4-3-5-7-11)30-21-19(28)18(27)17(26)12(8-22)29-21/h3-7,12,17-19,21-24,26-28H,8H2,1-2H3/t12-,17-,18+,19-,21+/m1/s1. The number of carbonyl (C=O) groups is 1. The second kappa shape index (κ2) is 8.58. The average Bonchev–Trinajstić information content (AvgIpc) is 2.76. The first-order valence-electron chi connectivity index (χ1n) is 9.31. The molecule has 0 spiro atoms. The normalized spacial score (nSPS) is 26.4. The first-order chi connectivity index (χ1) is 14.2. The lowest BCUT2D eigenvalue weighted by atomic mass is 9.95. The minimum absolute atomic E-state index is 0.0629. The Hall–Kier alpha value is -2.69. The molecule has 5 atom stereocenters. The van der Waals surface area contributed by atoms with Crippen LogP contribution in [0.4, 0.5) is 0 Å². The van der Waals surface area contributed by atoms with Crippen LogP contribution in [0.15, 0.2) is 30.3 Å². The molecule has 1 saturated heterocycles. The molecule has 2 aromatic carbocycles. The lowest BCUT2D eigenvalue weighted by Crippen LogP contribution is -2.60. The Kier molecular flexibility index (Phi) is 6.30. The van der Waals surface area contributed by atoms with Crippen LogP contribution in [0.3, 0.4) is 0 Å². The molecule has 1 heterocycles. The van der Waals surface area contributed by atoms with Crippen molar-refractivity contribution >= 4 is 5.78 Å². The van der Waals surface area contributed by atoms with Gasteiger partial charge in [-0.25, -0.2) is 0 Å². The molecule has 1 aliphatic heterocycles. The van der Waals surface area contributed by atoms with Crippen molar-refractivity contribution in [3.05, 3.63) is 52.6 Å². The van der Waals surface area contributed by atoms with Crippen LogP contribution in [0.25, 0.3) is 0 Å². The van der Waals surface area contributed by atoms with E-state index in [0.29, 0.717) is 0 Å². The number of hydrogen-bond donors (Lipinski definition) is 6. The van der Waals surface area contributed by atoms with Crippen molar-refractivity contribution < 1.29 is 44.9 Å². The van der Waals surface area contributed by atoms with E-state index in [4.69, 9.17) is 9.47 Å². The Morgan fingerprint density at radius 2 is 1.60 bits per heavy atom. The van der Waals surface area contributed by atoms with E-state index < -0.39 is 48.8 Å². The largest absolute Gasteiger partial charge is 0.507 e. The highest BCUT2D eigenvalue weighted by atomic mass is 16.7. The summed E-state index contributed by atoms with van der Waals surface area (Å²) in [4.78, 5) is 13.1. The van der Waals surface area contributed by atoms with Crippen molar-refractivity contribution in [3.8, 4) is 17.2 Å². The third-order valence-corrected chi connectivity index (χ3v) is 5.22. The molecule has 162 valence electrons.